The number of rotatable bonds is 2. The highest BCUT2D eigenvalue weighted by Gasteiger charge is 2.36. The minimum atomic E-state index is -2.75. The largest absolute Gasteiger partial charge is 0.311 e. The van der Waals surface area contributed by atoms with Gasteiger partial charge in [0.05, 0.1) is 11.5 Å². The molecule has 2 heterocycles. The molecule has 2 aliphatic heterocycles. The maximum atomic E-state index is 11.6. The van der Waals surface area contributed by atoms with Crippen LogP contribution in [0.4, 0.5) is 0 Å². The van der Waals surface area contributed by atoms with Crippen LogP contribution in [0.3, 0.4) is 0 Å². The zero-order chi connectivity index (χ0) is 14.9. The SMILES string of the molecule is CC1CNC(C2CCCCC2)CN1C1CCS(=O)(=O)CC1. The molecule has 0 radical (unpaired) electrons. The van der Waals surface area contributed by atoms with Crippen LogP contribution in [-0.2, 0) is 9.84 Å². The summed E-state index contributed by atoms with van der Waals surface area (Å²) >= 11 is 0. The standard InChI is InChI=1S/C16H30N2O2S/c1-13-11-17-16(14-5-3-2-4-6-14)12-18(13)15-7-9-21(19,20)10-8-15/h13-17H,2-12H2,1H3. The number of nitrogens with one attached hydrogen (secondary N) is 1. The third-order valence-electron chi connectivity index (χ3n) is 5.86. The monoisotopic (exact) mass is 314 g/mol. The molecule has 122 valence electrons. The average molecular weight is 314 g/mol. The van der Waals surface area contributed by atoms with Crippen LogP contribution in [0.2, 0.25) is 0 Å². The summed E-state index contributed by atoms with van der Waals surface area (Å²) in [6.45, 7) is 4.47. The van der Waals surface area contributed by atoms with Gasteiger partial charge in [-0.2, -0.15) is 0 Å². The molecule has 21 heavy (non-hydrogen) atoms. The first-order valence-electron chi connectivity index (χ1n) is 8.75. The molecule has 5 heteroatoms. The molecule has 1 N–H and O–H groups in total. The molecule has 0 aromatic rings. The van der Waals surface area contributed by atoms with E-state index in [0.29, 0.717) is 29.6 Å². The zero-order valence-electron chi connectivity index (χ0n) is 13.3. The fourth-order valence-corrected chi connectivity index (χ4v) is 5.95. The van der Waals surface area contributed by atoms with E-state index in [-0.39, 0.29) is 0 Å². The van der Waals surface area contributed by atoms with Gasteiger partial charge in [-0.25, -0.2) is 8.42 Å². The van der Waals surface area contributed by atoms with Crippen molar-refractivity contribution in [3.05, 3.63) is 0 Å². The molecule has 3 aliphatic rings. The quantitative estimate of drug-likeness (QED) is 0.844. The number of hydrogen-bond acceptors (Lipinski definition) is 4. The molecule has 1 saturated carbocycles. The van der Waals surface area contributed by atoms with Crippen molar-refractivity contribution in [2.24, 2.45) is 5.92 Å². The molecule has 2 unspecified atom stereocenters. The van der Waals surface area contributed by atoms with Crippen LogP contribution >= 0.6 is 0 Å². The zero-order valence-corrected chi connectivity index (χ0v) is 14.1. The van der Waals surface area contributed by atoms with E-state index in [1.807, 2.05) is 0 Å². The van der Waals surface area contributed by atoms with Gasteiger partial charge >= 0.3 is 0 Å². The van der Waals surface area contributed by atoms with Gasteiger partial charge in [-0.15, -0.1) is 0 Å². The van der Waals surface area contributed by atoms with Crippen molar-refractivity contribution in [1.29, 1.82) is 0 Å². The summed E-state index contributed by atoms with van der Waals surface area (Å²) in [5, 5.41) is 3.76. The van der Waals surface area contributed by atoms with E-state index in [4.69, 9.17) is 0 Å². The van der Waals surface area contributed by atoms with Crippen LogP contribution in [0.5, 0.6) is 0 Å². The summed E-state index contributed by atoms with van der Waals surface area (Å²) in [5.41, 5.74) is 0. The molecule has 2 atom stereocenters. The van der Waals surface area contributed by atoms with Gasteiger partial charge in [0, 0.05) is 31.2 Å². The Kier molecular flexibility index (Phi) is 4.91. The number of nitrogens with zero attached hydrogens (tertiary/aromatic N) is 1. The van der Waals surface area contributed by atoms with Gasteiger partial charge < -0.3 is 5.32 Å². The predicted octanol–water partition coefficient (Wildman–Crippen LogP) is 1.81. The number of sulfone groups is 1. The normalized spacial score (nSPS) is 36.6. The molecule has 0 spiro atoms. The summed E-state index contributed by atoms with van der Waals surface area (Å²) in [5.74, 6) is 1.62. The lowest BCUT2D eigenvalue weighted by atomic mass is 9.82. The fraction of sp³-hybridized carbons (Fsp3) is 1.00. The van der Waals surface area contributed by atoms with Crippen LogP contribution in [0.1, 0.15) is 51.9 Å². The molecule has 1 aliphatic carbocycles. The maximum Gasteiger partial charge on any atom is 0.150 e. The maximum absolute atomic E-state index is 11.6. The van der Waals surface area contributed by atoms with Crippen LogP contribution in [-0.4, -0.2) is 56.0 Å². The summed E-state index contributed by atoms with van der Waals surface area (Å²) in [4.78, 5) is 2.62. The van der Waals surface area contributed by atoms with Crippen molar-refractivity contribution in [2.75, 3.05) is 24.6 Å². The molecular formula is C16H30N2O2S. The number of hydrogen-bond donors (Lipinski definition) is 1. The van der Waals surface area contributed by atoms with Crippen molar-refractivity contribution < 1.29 is 8.42 Å². The molecule has 0 aromatic heterocycles. The second-order valence-corrected chi connectivity index (χ2v) is 9.65. The molecule has 0 amide bonds. The van der Waals surface area contributed by atoms with Crippen LogP contribution < -0.4 is 5.32 Å². The summed E-state index contributed by atoms with van der Waals surface area (Å²) in [7, 11) is -2.75. The van der Waals surface area contributed by atoms with Crippen molar-refractivity contribution in [3.8, 4) is 0 Å². The Morgan fingerprint density at radius 2 is 1.67 bits per heavy atom. The minimum Gasteiger partial charge on any atom is -0.311 e. The summed E-state index contributed by atoms with van der Waals surface area (Å²) in [6, 6.07) is 1.65. The van der Waals surface area contributed by atoms with E-state index < -0.39 is 9.84 Å². The predicted molar refractivity (Wildman–Crippen MR) is 86.2 cm³/mol. The molecule has 0 bridgehead atoms. The summed E-state index contributed by atoms with van der Waals surface area (Å²) in [6.07, 6.45) is 8.61. The van der Waals surface area contributed by atoms with E-state index in [9.17, 15) is 8.42 Å². The van der Waals surface area contributed by atoms with Crippen molar-refractivity contribution in [1.82, 2.24) is 10.2 Å². The van der Waals surface area contributed by atoms with E-state index in [0.717, 1.165) is 31.8 Å². The second kappa shape index (κ2) is 6.55. The third-order valence-corrected chi connectivity index (χ3v) is 7.58. The van der Waals surface area contributed by atoms with Crippen molar-refractivity contribution in [3.63, 3.8) is 0 Å². The second-order valence-electron chi connectivity index (χ2n) is 7.34. The Morgan fingerprint density at radius 1 is 1.00 bits per heavy atom. The topological polar surface area (TPSA) is 49.4 Å². The Balaban J connectivity index is 1.61. The average Bonchev–Trinajstić information content (AvgIpc) is 2.49. The van der Waals surface area contributed by atoms with Gasteiger partial charge in [0.15, 0.2) is 0 Å². The highest BCUT2D eigenvalue weighted by atomic mass is 32.2. The highest BCUT2D eigenvalue weighted by molar-refractivity contribution is 7.91. The van der Waals surface area contributed by atoms with Gasteiger partial charge in [0.2, 0.25) is 0 Å². The van der Waals surface area contributed by atoms with Crippen LogP contribution in [0.25, 0.3) is 0 Å². The Labute approximate surface area is 129 Å². The lowest BCUT2D eigenvalue weighted by Gasteiger charge is -2.47. The Hall–Kier alpha value is -0.130. The smallest absolute Gasteiger partial charge is 0.150 e. The first-order valence-corrected chi connectivity index (χ1v) is 10.6. The number of piperazine rings is 1. The van der Waals surface area contributed by atoms with E-state index >= 15 is 0 Å². The molecule has 3 rings (SSSR count). The van der Waals surface area contributed by atoms with E-state index in [2.05, 4.69) is 17.1 Å². The molecule has 3 fully saturated rings. The molecule has 2 saturated heterocycles. The van der Waals surface area contributed by atoms with Gasteiger partial charge in [-0.1, -0.05) is 19.3 Å². The van der Waals surface area contributed by atoms with Crippen LogP contribution in [0.15, 0.2) is 0 Å². The van der Waals surface area contributed by atoms with Gasteiger partial charge in [0.1, 0.15) is 9.84 Å². The van der Waals surface area contributed by atoms with Gasteiger partial charge in [-0.3, -0.25) is 4.90 Å². The lowest BCUT2D eigenvalue weighted by molar-refractivity contribution is 0.0613. The van der Waals surface area contributed by atoms with Crippen molar-refractivity contribution in [2.45, 2.75) is 70.0 Å². The van der Waals surface area contributed by atoms with Crippen LogP contribution in [0, 0.1) is 5.92 Å². The summed E-state index contributed by atoms with van der Waals surface area (Å²) < 4.78 is 23.3. The third kappa shape index (κ3) is 3.80. The fourth-order valence-electron chi connectivity index (χ4n) is 4.48. The minimum absolute atomic E-state index is 0.391. The first kappa shape index (κ1) is 15.8. The first-order chi connectivity index (χ1) is 10.1. The van der Waals surface area contributed by atoms with Gasteiger partial charge in [-0.05, 0) is 38.5 Å². The Bertz CT molecular complexity index is 431. The molecular weight excluding hydrogens is 284 g/mol. The van der Waals surface area contributed by atoms with E-state index in [1.54, 1.807) is 0 Å². The highest BCUT2D eigenvalue weighted by Crippen LogP contribution is 2.30. The Morgan fingerprint density at radius 3 is 2.33 bits per heavy atom. The van der Waals surface area contributed by atoms with Gasteiger partial charge in [0.25, 0.3) is 0 Å². The molecule has 0 aromatic carbocycles. The van der Waals surface area contributed by atoms with E-state index in [1.165, 1.54) is 32.1 Å². The lowest BCUT2D eigenvalue weighted by Crippen LogP contribution is -2.61. The molecule has 4 nitrogen and oxygen atoms in total. The van der Waals surface area contributed by atoms with Crippen molar-refractivity contribution >= 4 is 9.84 Å².